The first kappa shape index (κ1) is 26.9. The minimum absolute atomic E-state index is 0.0882. The number of hydrogen-bond acceptors (Lipinski definition) is 7. The van der Waals surface area contributed by atoms with Gasteiger partial charge in [-0.1, -0.05) is 13.8 Å². The average Bonchev–Trinajstić information content (AvgIpc) is 2.77. The first-order chi connectivity index (χ1) is 15.7. The average molecular weight is 463 g/mol. The van der Waals surface area contributed by atoms with Crippen LogP contribution < -0.4 is 4.74 Å². The van der Waals surface area contributed by atoms with Crippen molar-refractivity contribution in [2.45, 2.75) is 59.0 Å². The van der Waals surface area contributed by atoms with Gasteiger partial charge in [0.05, 0.1) is 39.1 Å². The van der Waals surface area contributed by atoms with Crippen molar-refractivity contribution in [3.63, 3.8) is 0 Å². The van der Waals surface area contributed by atoms with E-state index in [1.807, 2.05) is 38.1 Å². The molecule has 2 rings (SSSR count). The van der Waals surface area contributed by atoms with E-state index in [4.69, 9.17) is 23.7 Å². The Morgan fingerprint density at radius 1 is 0.788 bits per heavy atom. The molecule has 0 amide bonds. The van der Waals surface area contributed by atoms with Gasteiger partial charge in [0.1, 0.15) is 5.75 Å². The number of phenolic OH excluding ortho intramolecular Hbond substituents is 2. The van der Waals surface area contributed by atoms with Gasteiger partial charge in [0.2, 0.25) is 0 Å². The minimum Gasteiger partial charge on any atom is -0.507 e. The van der Waals surface area contributed by atoms with E-state index in [9.17, 15) is 10.2 Å². The molecule has 1 atom stereocenters. The summed E-state index contributed by atoms with van der Waals surface area (Å²) in [4.78, 5) is 0. The maximum atomic E-state index is 10.8. The number of hydrogen-bond donors (Lipinski definition) is 2. The van der Waals surface area contributed by atoms with Gasteiger partial charge >= 0.3 is 0 Å². The molecule has 7 heteroatoms. The highest BCUT2D eigenvalue weighted by Crippen LogP contribution is 2.41. The zero-order valence-electron chi connectivity index (χ0n) is 20.9. The van der Waals surface area contributed by atoms with E-state index < -0.39 is 5.41 Å². The van der Waals surface area contributed by atoms with Gasteiger partial charge in [-0.15, -0.1) is 0 Å². The van der Waals surface area contributed by atoms with E-state index in [0.29, 0.717) is 35.7 Å². The smallest absolute Gasteiger partial charge is 0.163 e. The standard InChI is InChI=1S/C26H38O7/c1-8-32-23-12-22(10-19(15-31-7)25(23)28)26(3,4)21-9-18(14-30-6)24(27)20(11-21)16-33-17(2)13-29-5/h9-12,17,27-28H,8,13-16H2,1-7H3. The lowest BCUT2D eigenvalue weighted by Gasteiger charge is -2.29. The van der Waals surface area contributed by atoms with Gasteiger partial charge in [-0.3, -0.25) is 0 Å². The maximum Gasteiger partial charge on any atom is 0.163 e. The topological polar surface area (TPSA) is 86.6 Å². The highest BCUT2D eigenvalue weighted by Gasteiger charge is 2.28. The van der Waals surface area contributed by atoms with Crippen LogP contribution >= 0.6 is 0 Å². The molecule has 0 heterocycles. The summed E-state index contributed by atoms with van der Waals surface area (Å²) in [5, 5.41) is 21.4. The second-order valence-corrected chi connectivity index (χ2v) is 8.63. The number of methoxy groups -OCH3 is 3. The first-order valence-electron chi connectivity index (χ1n) is 11.1. The van der Waals surface area contributed by atoms with Crippen LogP contribution in [-0.2, 0) is 44.2 Å². The van der Waals surface area contributed by atoms with Crippen LogP contribution in [-0.4, -0.2) is 50.9 Å². The zero-order valence-corrected chi connectivity index (χ0v) is 20.9. The highest BCUT2D eigenvalue weighted by atomic mass is 16.5. The van der Waals surface area contributed by atoms with Crippen LogP contribution in [0.1, 0.15) is 55.5 Å². The van der Waals surface area contributed by atoms with Crippen molar-refractivity contribution >= 4 is 0 Å². The molecule has 0 aliphatic rings. The molecule has 1 unspecified atom stereocenters. The van der Waals surface area contributed by atoms with E-state index in [0.717, 1.165) is 11.1 Å². The van der Waals surface area contributed by atoms with Gasteiger partial charge in [0.25, 0.3) is 0 Å². The first-order valence-corrected chi connectivity index (χ1v) is 11.1. The fourth-order valence-corrected chi connectivity index (χ4v) is 3.74. The summed E-state index contributed by atoms with van der Waals surface area (Å²) in [5.74, 6) is 0.676. The maximum absolute atomic E-state index is 10.8. The summed E-state index contributed by atoms with van der Waals surface area (Å²) >= 11 is 0. The van der Waals surface area contributed by atoms with Gasteiger partial charge in [0.15, 0.2) is 11.5 Å². The van der Waals surface area contributed by atoms with Crippen LogP contribution in [0.4, 0.5) is 0 Å². The lowest BCUT2D eigenvalue weighted by atomic mass is 9.76. The van der Waals surface area contributed by atoms with Crippen molar-refractivity contribution in [1.82, 2.24) is 0 Å². The van der Waals surface area contributed by atoms with Crippen molar-refractivity contribution in [3.05, 3.63) is 52.1 Å². The quantitative estimate of drug-likeness (QED) is 0.447. The second kappa shape index (κ2) is 12.2. The Morgan fingerprint density at radius 3 is 1.82 bits per heavy atom. The SMILES string of the molecule is CCOc1cc(C(C)(C)c2cc(COC)c(O)c(COC(C)COC)c2)cc(COC)c1O. The van der Waals surface area contributed by atoms with E-state index >= 15 is 0 Å². The fourth-order valence-electron chi connectivity index (χ4n) is 3.74. The molecule has 0 spiro atoms. The lowest BCUT2D eigenvalue weighted by molar-refractivity contribution is -0.000839. The van der Waals surface area contributed by atoms with E-state index in [1.54, 1.807) is 21.3 Å². The van der Waals surface area contributed by atoms with Gasteiger partial charge in [-0.2, -0.15) is 0 Å². The number of phenols is 2. The summed E-state index contributed by atoms with van der Waals surface area (Å²) in [7, 11) is 4.81. The third kappa shape index (κ3) is 6.60. The molecule has 2 aromatic carbocycles. The van der Waals surface area contributed by atoms with Gasteiger partial charge in [0, 0.05) is 43.4 Å². The molecule has 33 heavy (non-hydrogen) atoms. The molecule has 0 fully saturated rings. The van der Waals surface area contributed by atoms with Crippen molar-refractivity contribution in [2.24, 2.45) is 0 Å². The molecule has 0 bridgehead atoms. The number of ether oxygens (including phenoxy) is 5. The van der Waals surface area contributed by atoms with Crippen LogP contribution in [0, 0.1) is 0 Å². The number of benzene rings is 2. The third-order valence-electron chi connectivity index (χ3n) is 5.69. The highest BCUT2D eigenvalue weighted by molar-refractivity contribution is 5.54. The molecule has 0 saturated heterocycles. The molecule has 7 nitrogen and oxygen atoms in total. The van der Waals surface area contributed by atoms with E-state index in [1.165, 1.54) is 0 Å². The van der Waals surface area contributed by atoms with Crippen molar-refractivity contribution in [3.8, 4) is 17.2 Å². The Balaban J connectivity index is 2.56. The predicted molar refractivity (Wildman–Crippen MR) is 127 cm³/mol. The number of rotatable bonds is 13. The Hall–Kier alpha value is -2.32. The Kier molecular flexibility index (Phi) is 9.98. The van der Waals surface area contributed by atoms with Crippen LogP contribution in [0.15, 0.2) is 24.3 Å². The molecule has 2 N–H and O–H groups in total. The Labute approximate surface area is 197 Å². The van der Waals surface area contributed by atoms with Crippen LogP contribution in [0.25, 0.3) is 0 Å². The summed E-state index contributed by atoms with van der Waals surface area (Å²) in [6.45, 7) is 9.65. The van der Waals surface area contributed by atoms with Crippen molar-refractivity contribution < 1.29 is 33.9 Å². The van der Waals surface area contributed by atoms with E-state index in [2.05, 4.69) is 13.8 Å². The fraction of sp³-hybridized carbons (Fsp3) is 0.538. The lowest BCUT2D eigenvalue weighted by Crippen LogP contribution is -2.21. The van der Waals surface area contributed by atoms with Gasteiger partial charge in [-0.25, -0.2) is 0 Å². The van der Waals surface area contributed by atoms with Crippen molar-refractivity contribution in [2.75, 3.05) is 34.5 Å². The molecule has 0 aliphatic heterocycles. The molecule has 0 radical (unpaired) electrons. The number of aromatic hydroxyl groups is 2. The molecular weight excluding hydrogens is 424 g/mol. The summed E-state index contributed by atoms with van der Waals surface area (Å²) in [5.41, 5.74) is 3.45. The van der Waals surface area contributed by atoms with Crippen LogP contribution in [0.2, 0.25) is 0 Å². The second-order valence-electron chi connectivity index (χ2n) is 8.63. The van der Waals surface area contributed by atoms with Gasteiger partial charge < -0.3 is 33.9 Å². The zero-order chi connectivity index (χ0) is 24.6. The minimum atomic E-state index is -0.481. The molecule has 0 saturated carbocycles. The third-order valence-corrected chi connectivity index (χ3v) is 5.69. The van der Waals surface area contributed by atoms with Crippen LogP contribution in [0.3, 0.4) is 0 Å². The van der Waals surface area contributed by atoms with E-state index in [-0.39, 0.29) is 37.4 Å². The summed E-state index contributed by atoms with van der Waals surface area (Å²) < 4.78 is 27.3. The molecule has 184 valence electrons. The molecule has 0 aliphatic carbocycles. The molecule has 2 aromatic rings. The molecular formula is C26H38O7. The Morgan fingerprint density at radius 2 is 1.30 bits per heavy atom. The monoisotopic (exact) mass is 462 g/mol. The van der Waals surface area contributed by atoms with Crippen molar-refractivity contribution in [1.29, 1.82) is 0 Å². The predicted octanol–water partition coefficient (Wildman–Crippen LogP) is 4.67. The Bertz CT molecular complexity index is 881. The normalized spacial score (nSPS) is 12.7. The summed E-state index contributed by atoms with van der Waals surface area (Å²) in [6, 6.07) is 7.69. The largest absolute Gasteiger partial charge is 0.507 e. The van der Waals surface area contributed by atoms with Crippen LogP contribution in [0.5, 0.6) is 17.2 Å². The van der Waals surface area contributed by atoms with Gasteiger partial charge in [-0.05, 0) is 49.2 Å². The summed E-state index contributed by atoms with van der Waals surface area (Å²) in [6.07, 6.45) is -0.112. The molecule has 0 aromatic heterocycles.